The van der Waals surface area contributed by atoms with Crippen molar-refractivity contribution in [3.63, 3.8) is 0 Å². The fraction of sp³-hybridized carbons (Fsp3) is 0.360. The number of ether oxygens (including phenoxy) is 3. The smallest absolute Gasteiger partial charge is 0.207 e. The van der Waals surface area contributed by atoms with Crippen LogP contribution in [-0.2, 0) is 17.6 Å². The molecule has 1 saturated heterocycles. The van der Waals surface area contributed by atoms with E-state index >= 15 is 4.39 Å². The van der Waals surface area contributed by atoms with Gasteiger partial charge in [-0.25, -0.2) is 4.39 Å². The van der Waals surface area contributed by atoms with Gasteiger partial charge in [0.2, 0.25) is 11.6 Å². The van der Waals surface area contributed by atoms with Crippen molar-refractivity contribution >= 4 is 0 Å². The maximum absolute atomic E-state index is 15.1. The Labute approximate surface area is 180 Å². The molecule has 4 rings (SSSR count). The van der Waals surface area contributed by atoms with Gasteiger partial charge in [0.25, 0.3) is 0 Å². The Hall–Kier alpha value is -2.73. The Morgan fingerprint density at radius 1 is 1.03 bits per heavy atom. The maximum Gasteiger partial charge on any atom is 0.207 e. The van der Waals surface area contributed by atoms with Gasteiger partial charge in [-0.05, 0) is 43.4 Å². The topological polar surface area (TPSA) is 27.7 Å². The predicted molar refractivity (Wildman–Crippen MR) is 112 cm³/mol. The second-order valence-corrected chi connectivity index (χ2v) is 7.99. The SMILES string of the molecule is C=CCCc1cc2c(c(F)c1F)Oc1c(ccc(OCC3CCC(C=C)OC3)c1F)C2. The van der Waals surface area contributed by atoms with Crippen LogP contribution in [0.1, 0.15) is 36.0 Å². The fourth-order valence-electron chi connectivity index (χ4n) is 4.00. The number of halogens is 3. The van der Waals surface area contributed by atoms with Crippen LogP contribution in [0.5, 0.6) is 17.2 Å². The number of hydrogen-bond acceptors (Lipinski definition) is 3. The van der Waals surface area contributed by atoms with Gasteiger partial charge < -0.3 is 14.2 Å². The minimum Gasteiger partial charge on any atom is -0.490 e. The number of allylic oxidation sites excluding steroid dienone is 1. The largest absolute Gasteiger partial charge is 0.490 e. The molecule has 2 atom stereocenters. The zero-order chi connectivity index (χ0) is 22.0. The zero-order valence-electron chi connectivity index (χ0n) is 17.3. The highest BCUT2D eigenvalue weighted by Crippen LogP contribution is 2.43. The molecule has 2 aromatic carbocycles. The van der Waals surface area contributed by atoms with Crippen LogP contribution in [0.3, 0.4) is 0 Å². The van der Waals surface area contributed by atoms with Crippen LogP contribution >= 0.6 is 0 Å². The monoisotopic (exact) mass is 430 g/mol. The summed E-state index contributed by atoms with van der Waals surface area (Å²) in [6, 6.07) is 4.84. The van der Waals surface area contributed by atoms with E-state index in [1.54, 1.807) is 30.4 Å². The van der Waals surface area contributed by atoms with Crippen molar-refractivity contribution in [1.82, 2.24) is 0 Å². The lowest BCUT2D eigenvalue weighted by Crippen LogP contribution is -2.28. The van der Waals surface area contributed by atoms with E-state index in [0.29, 0.717) is 37.2 Å². The molecule has 1 fully saturated rings. The summed E-state index contributed by atoms with van der Waals surface area (Å²) in [5, 5.41) is 0. The molecule has 0 saturated carbocycles. The highest BCUT2D eigenvalue weighted by Gasteiger charge is 2.29. The molecule has 0 spiro atoms. The third kappa shape index (κ3) is 4.35. The van der Waals surface area contributed by atoms with Crippen LogP contribution in [0.4, 0.5) is 13.2 Å². The molecule has 6 heteroatoms. The van der Waals surface area contributed by atoms with Gasteiger partial charge >= 0.3 is 0 Å². The van der Waals surface area contributed by atoms with Crippen LogP contribution in [0, 0.1) is 23.4 Å². The quantitative estimate of drug-likeness (QED) is 0.413. The van der Waals surface area contributed by atoms with Gasteiger partial charge in [-0.15, -0.1) is 13.2 Å². The molecule has 2 aliphatic rings. The Morgan fingerprint density at radius 3 is 2.55 bits per heavy atom. The standard InChI is InChI=1S/C25H25F3O3/c1-3-5-6-16-11-18-12-17-8-10-20(30-14-15-7-9-19(4-2)29-13-15)22(27)24(17)31-25(18)23(28)21(16)26/h3-4,8,10-11,15,19H,1-2,5-7,9,12-14H2. The highest BCUT2D eigenvalue weighted by molar-refractivity contribution is 5.54. The van der Waals surface area contributed by atoms with E-state index < -0.39 is 17.5 Å². The molecule has 2 aliphatic heterocycles. The van der Waals surface area contributed by atoms with E-state index in [9.17, 15) is 8.78 Å². The Bertz CT molecular complexity index is 994. The highest BCUT2D eigenvalue weighted by atomic mass is 19.2. The summed E-state index contributed by atoms with van der Waals surface area (Å²) in [6.45, 7) is 8.15. The first-order valence-electron chi connectivity index (χ1n) is 10.5. The van der Waals surface area contributed by atoms with Crippen molar-refractivity contribution in [2.75, 3.05) is 13.2 Å². The van der Waals surface area contributed by atoms with Crippen LogP contribution in [-0.4, -0.2) is 19.3 Å². The first kappa shape index (κ1) is 21.5. The lowest BCUT2D eigenvalue weighted by atomic mass is 9.96. The molecule has 3 nitrogen and oxygen atoms in total. The van der Waals surface area contributed by atoms with Gasteiger partial charge in [0.15, 0.2) is 23.1 Å². The molecule has 0 N–H and O–H groups in total. The molecule has 0 amide bonds. The molecule has 0 bridgehead atoms. The van der Waals surface area contributed by atoms with Gasteiger partial charge in [-0.2, -0.15) is 8.78 Å². The van der Waals surface area contributed by atoms with E-state index in [2.05, 4.69) is 13.2 Å². The van der Waals surface area contributed by atoms with E-state index in [1.807, 2.05) is 0 Å². The number of hydrogen-bond donors (Lipinski definition) is 0. The summed E-state index contributed by atoms with van der Waals surface area (Å²) in [5.74, 6) is -2.98. The van der Waals surface area contributed by atoms with E-state index in [4.69, 9.17) is 14.2 Å². The summed E-state index contributed by atoms with van der Waals surface area (Å²) in [6.07, 6.45) is 6.34. The van der Waals surface area contributed by atoms with Gasteiger partial charge in [-0.1, -0.05) is 18.2 Å². The van der Waals surface area contributed by atoms with Crippen LogP contribution < -0.4 is 9.47 Å². The number of fused-ring (bicyclic) bond motifs is 2. The zero-order valence-corrected chi connectivity index (χ0v) is 17.3. The normalized spacial score (nSPS) is 19.7. The maximum atomic E-state index is 15.1. The molecule has 2 aromatic rings. The van der Waals surface area contributed by atoms with Crippen LogP contribution in [0.2, 0.25) is 0 Å². The second-order valence-electron chi connectivity index (χ2n) is 7.99. The Morgan fingerprint density at radius 2 is 1.84 bits per heavy atom. The number of aryl methyl sites for hydroxylation is 1. The first-order chi connectivity index (χ1) is 15.0. The summed E-state index contributed by atoms with van der Waals surface area (Å²) in [7, 11) is 0. The first-order valence-corrected chi connectivity index (χ1v) is 10.5. The van der Waals surface area contributed by atoms with Gasteiger partial charge in [-0.3, -0.25) is 0 Å². The molecule has 0 radical (unpaired) electrons. The van der Waals surface area contributed by atoms with Crippen molar-refractivity contribution in [2.45, 2.75) is 38.2 Å². The summed E-state index contributed by atoms with van der Waals surface area (Å²) in [4.78, 5) is 0. The molecule has 0 aromatic heterocycles. The minimum absolute atomic E-state index is 0.0246. The van der Waals surface area contributed by atoms with Gasteiger partial charge in [0, 0.05) is 23.5 Å². The lowest BCUT2D eigenvalue weighted by Gasteiger charge is -2.27. The molecular formula is C25H25F3O3. The third-order valence-corrected chi connectivity index (χ3v) is 5.80. The van der Waals surface area contributed by atoms with Crippen LogP contribution in [0.15, 0.2) is 43.5 Å². The van der Waals surface area contributed by atoms with Crippen molar-refractivity contribution in [3.05, 3.63) is 77.7 Å². The number of rotatable bonds is 7. The number of benzene rings is 2. The molecule has 2 unspecified atom stereocenters. The molecule has 0 aliphatic carbocycles. The van der Waals surface area contributed by atoms with E-state index in [-0.39, 0.29) is 41.3 Å². The average molecular weight is 430 g/mol. The molecular weight excluding hydrogens is 405 g/mol. The molecule has 2 heterocycles. The summed E-state index contributed by atoms with van der Waals surface area (Å²) >= 11 is 0. The summed E-state index contributed by atoms with van der Waals surface area (Å²) in [5.41, 5.74) is 1.32. The third-order valence-electron chi connectivity index (χ3n) is 5.80. The second kappa shape index (κ2) is 9.18. The van der Waals surface area contributed by atoms with Crippen molar-refractivity contribution in [3.8, 4) is 17.2 Å². The van der Waals surface area contributed by atoms with Crippen molar-refractivity contribution < 1.29 is 27.4 Å². The predicted octanol–water partition coefficient (Wildman–Crippen LogP) is 6.28. The van der Waals surface area contributed by atoms with Gasteiger partial charge in [0.1, 0.15) is 0 Å². The molecule has 31 heavy (non-hydrogen) atoms. The van der Waals surface area contributed by atoms with E-state index in [0.717, 1.165) is 12.8 Å². The van der Waals surface area contributed by atoms with Crippen molar-refractivity contribution in [1.29, 1.82) is 0 Å². The lowest BCUT2D eigenvalue weighted by molar-refractivity contribution is -0.00328. The molecule has 164 valence electrons. The van der Waals surface area contributed by atoms with Crippen molar-refractivity contribution in [2.24, 2.45) is 5.92 Å². The minimum atomic E-state index is -1.09. The average Bonchev–Trinajstić information content (AvgIpc) is 2.79. The van der Waals surface area contributed by atoms with E-state index in [1.165, 1.54) is 0 Å². The fourth-order valence-corrected chi connectivity index (χ4v) is 4.00. The van der Waals surface area contributed by atoms with Crippen LogP contribution in [0.25, 0.3) is 0 Å². The Balaban J connectivity index is 1.51. The summed E-state index contributed by atoms with van der Waals surface area (Å²) < 4.78 is 61.0. The van der Waals surface area contributed by atoms with Gasteiger partial charge in [0.05, 0.1) is 19.3 Å². The Kier molecular flexibility index (Phi) is 6.37.